The van der Waals surface area contributed by atoms with Crippen LogP contribution in [0, 0.1) is 5.92 Å². The van der Waals surface area contributed by atoms with Gasteiger partial charge in [-0.05, 0) is 19.8 Å². The number of nitrogens with one attached hydrogen (secondary N) is 1. The second kappa shape index (κ2) is 7.47. The van der Waals surface area contributed by atoms with Crippen LogP contribution in [0.4, 0.5) is 24.9 Å². The Hall–Kier alpha value is -1.53. The van der Waals surface area contributed by atoms with E-state index < -0.39 is 11.9 Å². The lowest BCUT2D eigenvalue weighted by Gasteiger charge is -2.26. The van der Waals surface area contributed by atoms with Gasteiger partial charge in [-0.1, -0.05) is 20.3 Å². The Balaban J connectivity index is 3.16. The third-order valence-electron chi connectivity index (χ3n) is 3.27. The highest BCUT2D eigenvalue weighted by molar-refractivity contribution is 5.45. The highest BCUT2D eigenvalue weighted by atomic mass is 19.4. The molecule has 1 aromatic heterocycles. The van der Waals surface area contributed by atoms with Crippen LogP contribution in [0.1, 0.15) is 39.8 Å². The fourth-order valence-electron chi connectivity index (χ4n) is 1.87. The molecular formula is C14H23F3N4. The second-order valence-electron chi connectivity index (χ2n) is 5.02. The van der Waals surface area contributed by atoms with Crippen LogP contribution in [0.15, 0.2) is 6.07 Å². The summed E-state index contributed by atoms with van der Waals surface area (Å²) in [4.78, 5) is 9.59. The highest BCUT2D eigenvalue weighted by Gasteiger charge is 2.34. The SMILES string of the molecule is CCNc1nc(N(CC)CC(C)CC)cc(C(F)(F)F)n1. The van der Waals surface area contributed by atoms with E-state index in [1.807, 2.05) is 11.8 Å². The smallest absolute Gasteiger partial charge is 0.356 e. The van der Waals surface area contributed by atoms with Crippen molar-refractivity contribution in [3.63, 3.8) is 0 Å². The van der Waals surface area contributed by atoms with Gasteiger partial charge in [0.2, 0.25) is 5.95 Å². The van der Waals surface area contributed by atoms with Gasteiger partial charge in [-0.3, -0.25) is 0 Å². The Morgan fingerprint density at radius 3 is 2.38 bits per heavy atom. The zero-order valence-electron chi connectivity index (χ0n) is 13.0. The molecular weight excluding hydrogens is 281 g/mol. The first-order valence-corrected chi connectivity index (χ1v) is 7.26. The molecule has 1 unspecified atom stereocenters. The van der Waals surface area contributed by atoms with Crippen molar-refractivity contribution < 1.29 is 13.2 Å². The first-order chi connectivity index (χ1) is 9.81. The van der Waals surface area contributed by atoms with Crippen LogP contribution in [-0.4, -0.2) is 29.6 Å². The van der Waals surface area contributed by atoms with Crippen molar-refractivity contribution in [1.82, 2.24) is 9.97 Å². The van der Waals surface area contributed by atoms with Crippen LogP contribution in [0.5, 0.6) is 0 Å². The number of rotatable bonds is 7. The molecule has 0 aliphatic carbocycles. The summed E-state index contributed by atoms with van der Waals surface area (Å²) in [6, 6.07) is 1.02. The number of nitrogens with zero attached hydrogens (tertiary/aromatic N) is 3. The molecule has 21 heavy (non-hydrogen) atoms. The lowest BCUT2D eigenvalue weighted by molar-refractivity contribution is -0.141. The lowest BCUT2D eigenvalue weighted by Crippen LogP contribution is -2.29. The Bertz CT molecular complexity index is 448. The molecule has 0 bridgehead atoms. The van der Waals surface area contributed by atoms with E-state index in [2.05, 4.69) is 29.1 Å². The summed E-state index contributed by atoms with van der Waals surface area (Å²) < 4.78 is 38.8. The van der Waals surface area contributed by atoms with Crippen LogP contribution >= 0.6 is 0 Å². The van der Waals surface area contributed by atoms with Gasteiger partial charge >= 0.3 is 6.18 Å². The van der Waals surface area contributed by atoms with E-state index in [1.54, 1.807) is 6.92 Å². The Kier molecular flexibility index (Phi) is 6.23. The first-order valence-electron chi connectivity index (χ1n) is 7.26. The van der Waals surface area contributed by atoms with Crippen LogP contribution in [0.25, 0.3) is 0 Å². The van der Waals surface area contributed by atoms with Gasteiger partial charge in [-0.25, -0.2) is 4.98 Å². The predicted octanol–water partition coefficient (Wildman–Crippen LogP) is 3.80. The minimum Gasteiger partial charge on any atom is -0.356 e. The van der Waals surface area contributed by atoms with Crippen molar-refractivity contribution in [2.45, 2.75) is 40.3 Å². The van der Waals surface area contributed by atoms with Crippen molar-refractivity contribution in [2.24, 2.45) is 5.92 Å². The van der Waals surface area contributed by atoms with Gasteiger partial charge in [0.15, 0.2) is 5.69 Å². The molecule has 0 aliphatic rings. The molecule has 1 aromatic rings. The quantitative estimate of drug-likeness (QED) is 0.832. The predicted molar refractivity (Wildman–Crippen MR) is 78.5 cm³/mol. The average Bonchev–Trinajstić information content (AvgIpc) is 2.43. The van der Waals surface area contributed by atoms with Crippen molar-refractivity contribution in [1.29, 1.82) is 0 Å². The normalized spacial score (nSPS) is 13.1. The largest absolute Gasteiger partial charge is 0.433 e. The third kappa shape index (κ3) is 5.06. The summed E-state index contributed by atoms with van der Waals surface area (Å²) in [6.07, 6.45) is -3.51. The summed E-state index contributed by atoms with van der Waals surface area (Å²) in [5, 5.41) is 2.76. The number of hydrogen-bond donors (Lipinski definition) is 1. The Morgan fingerprint density at radius 2 is 1.90 bits per heavy atom. The van der Waals surface area contributed by atoms with E-state index in [4.69, 9.17) is 0 Å². The Morgan fingerprint density at radius 1 is 1.24 bits per heavy atom. The van der Waals surface area contributed by atoms with E-state index in [0.29, 0.717) is 31.4 Å². The zero-order valence-corrected chi connectivity index (χ0v) is 13.0. The minimum atomic E-state index is -4.47. The van der Waals surface area contributed by atoms with Crippen molar-refractivity contribution in [3.8, 4) is 0 Å². The number of anilines is 2. The average molecular weight is 304 g/mol. The number of aromatic nitrogens is 2. The molecule has 0 aromatic carbocycles. The van der Waals surface area contributed by atoms with Gasteiger partial charge < -0.3 is 10.2 Å². The summed E-state index contributed by atoms with van der Waals surface area (Å²) in [5.74, 6) is 0.720. The van der Waals surface area contributed by atoms with Crippen LogP contribution < -0.4 is 10.2 Å². The molecule has 1 atom stereocenters. The van der Waals surface area contributed by atoms with Crippen LogP contribution in [-0.2, 0) is 6.18 Å². The van der Waals surface area contributed by atoms with Gasteiger partial charge in [-0.15, -0.1) is 0 Å². The van der Waals surface area contributed by atoms with Crippen LogP contribution in [0.3, 0.4) is 0 Å². The molecule has 120 valence electrons. The zero-order chi connectivity index (χ0) is 16.0. The van der Waals surface area contributed by atoms with E-state index in [0.717, 1.165) is 12.5 Å². The van der Waals surface area contributed by atoms with Crippen molar-refractivity contribution in [3.05, 3.63) is 11.8 Å². The molecule has 1 rings (SSSR count). The number of halogens is 3. The standard InChI is InChI=1S/C14H23F3N4/c1-5-10(4)9-21(7-3)12-8-11(14(15,16)17)19-13(20-12)18-6-2/h8,10H,5-7,9H2,1-4H3,(H,18,19,20). The minimum absolute atomic E-state index is 0.0185. The van der Waals surface area contributed by atoms with Crippen molar-refractivity contribution in [2.75, 3.05) is 29.9 Å². The van der Waals surface area contributed by atoms with Gasteiger partial charge in [0, 0.05) is 25.7 Å². The summed E-state index contributed by atoms with van der Waals surface area (Å²) in [5.41, 5.74) is -0.911. The maximum absolute atomic E-state index is 12.9. The fourth-order valence-corrected chi connectivity index (χ4v) is 1.87. The van der Waals surface area contributed by atoms with Crippen LogP contribution in [0.2, 0.25) is 0 Å². The van der Waals surface area contributed by atoms with E-state index >= 15 is 0 Å². The molecule has 0 spiro atoms. The third-order valence-corrected chi connectivity index (χ3v) is 3.27. The Labute approximate surface area is 123 Å². The molecule has 4 nitrogen and oxygen atoms in total. The molecule has 7 heteroatoms. The molecule has 1 heterocycles. The molecule has 0 aliphatic heterocycles. The van der Waals surface area contributed by atoms with E-state index in [1.165, 1.54) is 0 Å². The number of alkyl halides is 3. The molecule has 0 radical (unpaired) electrons. The fraction of sp³-hybridized carbons (Fsp3) is 0.714. The monoisotopic (exact) mass is 304 g/mol. The molecule has 0 amide bonds. The maximum Gasteiger partial charge on any atom is 0.433 e. The maximum atomic E-state index is 12.9. The molecule has 0 saturated carbocycles. The second-order valence-corrected chi connectivity index (χ2v) is 5.02. The lowest BCUT2D eigenvalue weighted by atomic mass is 10.1. The molecule has 0 saturated heterocycles. The van der Waals surface area contributed by atoms with Crippen molar-refractivity contribution >= 4 is 11.8 Å². The van der Waals surface area contributed by atoms with Gasteiger partial charge in [0.1, 0.15) is 5.82 Å². The topological polar surface area (TPSA) is 41.1 Å². The molecule has 0 fully saturated rings. The van der Waals surface area contributed by atoms with E-state index in [-0.39, 0.29) is 5.95 Å². The summed E-state index contributed by atoms with van der Waals surface area (Å²) >= 11 is 0. The first kappa shape index (κ1) is 17.5. The van der Waals surface area contributed by atoms with Gasteiger partial charge in [-0.2, -0.15) is 18.2 Å². The van der Waals surface area contributed by atoms with E-state index in [9.17, 15) is 13.2 Å². The highest BCUT2D eigenvalue weighted by Crippen LogP contribution is 2.30. The summed E-state index contributed by atoms with van der Waals surface area (Å²) in [7, 11) is 0. The van der Waals surface area contributed by atoms with Gasteiger partial charge in [0.25, 0.3) is 0 Å². The van der Waals surface area contributed by atoms with Gasteiger partial charge in [0.05, 0.1) is 0 Å². The summed E-state index contributed by atoms with van der Waals surface area (Å²) in [6.45, 7) is 9.57. The number of hydrogen-bond acceptors (Lipinski definition) is 4. The molecule has 1 N–H and O–H groups in total.